The minimum atomic E-state index is -0.621. The number of carbonyl (C=O) groups is 2. The second-order valence-corrected chi connectivity index (χ2v) is 7.93. The minimum Gasteiger partial charge on any atom is -0.444 e. The molecule has 0 aliphatic carbocycles. The van der Waals surface area contributed by atoms with Crippen LogP contribution in [0, 0.1) is 0 Å². The molecule has 0 bridgehead atoms. The summed E-state index contributed by atoms with van der Waals surface area (Å²) in [5.41, 5.74) is 1.59. The van der Waals surface area contributed by atoms with E-state index in [1.165, 1.54) is 18.3 Å². The molecule has 0 saturated carbocycles. The van der Waals surface area contributed by atoms with E-state index in [9.17, 15) is 9.59 Å². The molecule has 140 valence electrons. The van der Waals surface area contributed by atoms with Gasteiger partial charge in [-0.1, -0.05) is 30.3 Å². The Balaban J connectivity index is 2.05. The van der Waals surface area contributed by atoms with Crippen LogP contribution in [0.2, 0.25) is 0 Å². The summed E-state index contributed by atoms with van der Waals surface area (Å²) in [6.45, 7) is 6.90. The molecule has 27 heavy (non-hydrogen) atoms. The van der Waals surface area contributed by atoms with Gasteiger partial charge in [0.05, 0.1) is 16.3 Å². The monoisotopic (exact) mass is 383 g/mol. The number of ketones is 1. The Morgan fingerprint density at radius 3 is 2.48 bits per heavy atom. The van der Waals surface area contributed by atoms with Crippen LogP contribution in [0.5, 0.6) is 0 Å². The van der Waals surface area contributed by atoms with E-state index in [1.807, 2.05) is 41.8 Å². The topological polar surface area (TPSA) is 73.2 Å². The Morgan fingerprint density at radius 1 is 1.15 bits per heavy atom. The first-order chi connectivity index (χ1) is 12.7. The van der Waals surface area contributed by atoms with Crippen LogP contribution in [0.25, 0.3) is 16.9 Å². The first-order valence-corrected chi connectivity index (χ1v) is 9.37. The van der Waals surface area contributed by atoms with Gasteiger partial charge in [-0.3, -0.25) is 10.1 Å². The average molecular weight is 383 g/mol. The van der Waals surface area contributed by atoms with Crippen LogP contribution in [-0.4, -0.2) is 27.3 Å². The van der Waals surface area contributed by atoms with Gasteiger partial charge in [0.1, 0.15) is 11.4 Å². The summed E-state index contributed by atoms with van der Waals surface area (Å²) >= 11 is 1.34. The van der Waals surface area contributed by atoms with Crippen molar-refractivity contribution >= 4 is 29.0 Å². The van der Waals surface area contributed by atoms with Gasteiger partial charge in [-0.15, -0.1) is 11.3 Å². The molecule has 3 rings (SSSR count). The van der Waals surface area contributed by atoms with E-state index >= 15 is 0 Å². The van der Waals surface area contributed by atoms with E-state index < -0.39 is 11.7 Å². The van der Waals surface area contributed by atoms with Crippen molar-refractivity contribution in [2.24, 2.45) is 0 Å². The van der Waals surface area contributed by atoms with Crippen molar-refractivity contribution in [1.29, 1.82) is 0 Å². The molecule has 1 aromatic carbocycles. The Kier molecular flexibility index (Phi) is 5.14. The van der Waals surface area contributed by atoms with Crippen molar-refractivity contribution < 1.29 is 14.3 Å². The molecule has 0 spiro atoms. The second-order valence-electron chi connectivity index (χ2n) is 7.01. The van der Waals surface area contributed by atoms with Crippen LogP contribution in [0.15, 0.2) is 47.8 Å². The highest BCUT2D eigenvalue weighted by Gasteiger charge is 2.21. The SMILES string of the molecule is CC(=O)c1sccc1-n1nc(-c2ccccc2)cc1NC(=O)OC(C)(C)C. The highest BCUT2D eigenvalue weighted by Crippen LogP contribution is 2.29. The molecule has 0 atom stereocenters. The maximum Gasteiger partial charge on any atom is 0.413 e. The summed E-state index contributed by atoms with van der Waals surface area (Å²) in [7, 11) is 0. The molecular weight excluding hydrogens is 362 g/mol. The smallest absolute Gasteiger partial charge is 0.413 e. The van der Waals surface area contributed by atoms with Crippen molar-refractivity contribution in [3.63, 3.8) is 0 Å². The number of carbonyl (C=O) groups excluding carboxylic acids is 2. The third-order valence-corrected chi connectivity index (χ3v) is 4.60. The Labute approximate surface area is 161 Å². The van der Waals surface area contributed by atoms with E-state index in [-0.39, 0.29) is 5.78 Å². The van der Waals surface area contributed by atoms with Crippen molar-refractivity contribution in [3.8, 4) is 16.9 Å². The van der Waals surface area contributed by atoms with E-state index in [0.29, 0.717) is 22.1 Å². The Hall–Kier alpha value is -2.93. The number of hydrogen-bond acceptors (Lipinski definition) is 5. The van der Waals surface area contributed by atoms with Crippen LogP contribution in [-0.2, 0) is 4.74 Å². The number of benzene rings is 1. The van der Waals surface area contributed by atoms with E-state index in [2.05, 4.69) is 10.4 Å². The van der Waals surface area contributed by atoms with Gasteiger partial charge < -0.3 is 4.74 Å². The lowest BCUT2D eigenvalue weighted by Crippen LogP contribution is -2.28. The fourth-order valence-corrected chi connectivity index (χ4v) is 3.32. The maximum absolute atomic E-state index is 12.3. The summed E-state index contributed by atoms with van der Waals surface area (Å²) in [4.78, 5) is 24.8. The predicted molar refractivity (Wildman–Crippen MR) is 107 cm³/mol. The molecular formula is C20H21N3O3S. The number of rotatable bonds is 4. The highest BCUT2D eigenvalue weighted by atomic mass is 32.1. The van der Waals surface area contributed by atoms with Gasteiger partial charge >= 0.3 is 6.09 Å². The Morgan fingerprint density at radius 2 is 1.85 bits per heavy atom. The van der Waals surface area contributed by atoms with Gasteiger partial charge in [-0.2, -0.15) is 5.10 Å². The van der Waals surface area contributed by atoms with Crippen molar-refractivity contribution in [3.05, 3.63) is 52.7 Å². The number of nitrogens with zero attached hydrogens (tertiary/aromatic N) is 2. The lowest BCUT2D eigenvalue weighted by molar-refractivity contribution is 0.0634. The third-order valence-electron chi connectivity index (χ3n) is 3.60. The molecule has 1 amide bonds. The average Bonchev–Trinajstić information content (AvgIpc) is 3.20. The van der Waals surface area contributed by atoms with Gasteiger partial charge in [0, 0.05) is 18.6 Å². The molecule has 2 heterocycles. The molecule has 1 N–H and O–H groups in total. The molecule has 0 aliphatic rings. The quantitative estimate of drug-likeness (QED) is 0.632. The lowest BCUT2D eigenvalue weighted by Gasteiger charge is -2.19. The first kappa shape index (κ1) is 18.8. The predicted octanol–water partition coefficient (Wildman–Crippen LogP) is 5.15. The van der Waals surface area contributed by atoms with Gasteiger partial charge in [0.2, 0.25) is 0 Å². The van der Waals surface area contributed by atoms with Crippen molar-refractivity contribution in [2.45, 2.75) is 33.3 Å². The fourth-order valence-electron chi connectivity index (χ4n) is 2.54. The molecule has 2 aromatic heterocycles. The molecule has 0 radical (unpaired) electrons. The Bertz CT molecular complexity index is 968. The van der Waals surface area contributed by atoms with Gasteiger partial charge in [0.15, 0.2) is 5.78 Å². The van der Waals surface area contributed by atoms with Gasteiger partial charge in [-0.05, 0) is 32.2 Å². The van der Waals surface area contributed by atoms with Crippen LogP contribution in [0.4, 0.5) is 10.6 Å². The number of anilines is 1. The fraction of sp³-hybridized carbons (Fsp3) is 0.250. The zero-order valence-electron chi connectivity index (χ0n) is 15.6. The maximum atomic E-state index is 12.3. The summed E-state index contributed by atoms with van der Waals surface area (Å²) in [5.74, 6) is 0.379. The van der Waals surface area contributed by atoms with Crippen molar-refractivity contribution in [2.75, 3.05) is 5.32 Å². The molecule has 0 aliphatic heterocycles. The number of aromatic nitrogens is 2. The zero-order chi connectivity index (χ0) is 19.6. The molecule has 0 unspecified atom stereocenters. The van der Waals surface area contributed by atoms with Crippen LogP contribution < -0.4 is 5.32 Å². The van der Waals surface area contributed by atoms with Crippen LogP contribution >= 0.6 is 11.3 Å². The summed E-state index contributed by atoms with van der Waals surface area (Å²) in [6, 6.07) is 13.2. The van der Waals surface area contributed by atoms with E-state index in [0.717, 1.165) is 5.56 Å². The van der Waals surface area contributed by atoms with E-state index in [1.54, 1.807) is 31.5 Å². The number of thiophene rings is 1. The highest BCUT2D eigenvalue weighted by molar-refractivity contribution is 7.12. The van der Waals surface area contributed by atoms with Crippen LogP contribution in [0.1, 0.15) is 37.4 Å². The van der Waals surface area contributed by atoms with Crippen LogP contribution in [0.3, 0.4) is 0 Å². The lowest BCUT2D eigenvalue weighted by atomic mass is 10.2. The molecule has 7 heteroatoms. The number of nitrogens with one attached hydrogen (secondary N) is 1. The molecule has 0 fully saturated rings. The van der Waals surface area contributed by atoms with Gasteiger partial charge in [-0.25, -0.2) is 9.48 Å². The van der Waals surface area contributed by atoms with Gasteiger partial charge in [0.25, 0.3) is 0 Å². The first-order valence-electron chi connectivity index (χ1n) is 8.49. The van der Waals surface area contributed by atoms with E-state index in [4.69, 9.17) is 4.74 Å². The largest absolute Gasteiger partial charge is 0.444 e. The van der Waals surface area contributed by atoms with Crippen molar-refractivity contribution in [1.82, 2.24) is 9.78 Å². The molecule has 6 nitrogen and oxygen atoms in total. The molecule has 3 aromatic rings. The number of amides is 1. The normalized spacial score (nSPS) is 11.3. The second kappa shape index (κ2) is 7.36. The summed E-state index contributed by atoms with van der Waals surface area (Å²) in [6.07, 6.45) is -0.581. The molecule has 0 saturated heterocycles. The standard InChI is InChI=1S/C20H21N3O3S/c1-13(24)18-16(10-11-27-18)23-17(21-19(25)26-20(2,3)4)12-15(22-23)14-8-6-5-7-9-14/h5-12H,1-4H3,(H,21,25). The number of Topliss-reactive ketones (excluding diaryl/α,β-unsaturated/α-hetero) is 1. The summed E-state index contributed by atoms with van der Waals surface area (Å²) < 4.78 is 6.92. The minimum absolute atomic E-state index is 0.0556. The number of ether oxygens (including phenoxy) is 1. The zero-order valence-corrected chi connectivity index (χ0v) is 16.5. The number of hydrogen-bond donors (Lipinski definition) is 1. The third kappa shape index (κ3) is 4.43. The summed E-state index contributed by atoms with van der Waals surface area (Å²) in [5, 5.41) is 9.19.